The van der Waals surface area contributed by atoms with E-state index in [0.29, 0.717) is 0 Å². The lowest BCUT2D eigenvalue weighted by molar-refractivity contribution is -0.138. The second-order valence-corrected chi connectivity index (χ2v) is 4.49. The largest absolute Gasteiger partial charge is 0.480 e. The number of halogens is 3. The van der Waals surface area contributed by atoms with Gasteiger partial charge in [0.2, 0.25) is 0 Å². The summed E-state index contributed by atoms with van der Waals surface area (Å²) >= 11 is 0. The quantitative estimate of drug-likeness (QED) is 0.878. The minimum atomic E-state index is -4.41. The van der Waals surface area contributed by atoms with E-state index in [1.807, 2.05) is 0 Å². The number of carboxylic acid groups (broad SMARTS) is 1. The van der Waals surface area contributed by atoms with E-state index in [-0.39, 0.29) is 5.69 Å². The summed E-state index contributed by atoms with van der Waals surface area (Å²) in [6, 6.07) is 5.81. The Hall–Kier alpha value is -2.25. The Bertz CT molecular complexity index is 491. The number of nitrogens with zero attached hydrogens (tertiary/aromatic N) is 1. The average Bonchev–Trinajstić information content (AvgIpc) is 2.34. The number of carboxylic acids is 1. The number of amides is 2. The van der Waals surface area contributed by atoms with Gasteiger partial charge in [0, 0.05) is 11.7 Å². The fraction of sp³-hybridized carbons (Fsp3) is 0.385. The van der Waals surface area contributed by atoms with E-state index in [4.69, 9.17) is 5.11 Å². The molecule has 2 N–H and O–H groups in total. The Labute approximate surface area is 119 Å². The lowest BCUT2D eigenvalue weighted by Crippen LogP contribution is -2.47. The third kappa shape index (κ3) is 6.15. The Kier molecular flexibility index (Phi) is 5.57. The number of alkyl halides is 3. The van der Waals surface area contributed by atoms with E-state index in [0.717, 1.165) is 4.90 Å². The topological polar surface area (TPSA) is 69.6 Å². The molecule has 0 radical (unpaired) electrons. The molecule has 21 heavy (non-hydrogen) atoms. The van der Waals surface area contributed by atoms with Gasteiger partial charge >= 0.3 is 18.2 Å². The van der Waals surface area contributed by atoms with E-state index in [2.05, 4.69) is 5.32 Å². The minimum Gasteiger partial charge on any atom is -0.480 e. The molecule has 0 saturated carbocycles. The first-order chi connectivity index (χ1) is 9.69. The van der Waals surface area contributed by atoms with Gasteiger partial charge in [-0.25, -0.2) is 4.79 Å². The van der Waals surface area contributed by atoms with E-state index < -0.39 is 37.2 Å². The van der Waals surface area contributed by atoms with Crippen molar-refractivity contribution in [2.24, 2.45) is 0 Å². The summed E-state index contributed by atoms with van der Waals surface area (Å²) in [5.41, 5.74) is 0.289. The predicted molar refractivity (Wildman–Crippen MR) is 70.1 cm³/mol. The maximum atomic E-state index is 12.2. The minimum absolute atomic E-state index is 0.289. The molecule has 0 fully saturated rings. The van der Waals surface area contributed by atoms with Crippen molar-refractivity contribution in [2.45, 2.75) is 25.6 Å². The Morgan fingerprint density at radius 2 is 1.86 bits per heavy atom. The molecule has 0 aliphatic carbocycles. The van der Waals surface area contributed by atoms with Crippen molar-refractivity contribution in [3.63, 3.8) is 0 Å². The van der Waals surface area contributed by atoms with Gasteiger partial charge in [0.05, 0.1) is 6.42 Å². The smallest absolute Gasteiger partial charge is 0.391 e. The van der Waals surface area contributed by atoms with Gasteiger partial charge in [-0.05, 0) is 19.1 Å². The number of nitrogens with one attached hydrogen (secondary N) is 1. The van der Waals surface area contributed by atoms with Crippen LogP contribution in [0.5, 0.6) is 0 Å². The summed E-state index contributed by atoms with van der Waals surface area (Å²) in [5.74, 6) is -1.27. The first-order valence-corrected chi connectivity index (χ1v) is 6.10. The third-order valence-electron chi connectivity index (χ3n) is 2.51. The van der Waals surface area contributed by atoms with Crippen molar-refractivity contribution in [2.75, 3.05) is 11.4 Å². The lowest BCUT2D eigenvalue weighted by Gasteiger charge is -2.24. The van der Waals surface area contributed by atoms with Gasteiger partial charge in [0.15, 0.2) is 0 Å². The van der Waals surface area contributed by atoms with E-state index in [1.165, 1.54) is 19.1 Å². The monoisotopic (exact) mass is 304 g/mol. The summed E-state index contributed by atoms with van der Waals surface area (Å²) in [6.07, 6.45) is -5.59. The molecular weight excluding hydrogens is 289 g/mol. The van der Waals surface area contributed by atoms with Crippen LogP contribution in [-0.2, 0) is 4.79 Å². The van der Waals surface area contributed by atoms with Crippen LogP contribution >= 0.6 is 0 Å². The normalized spacial score (nSPS) is 12.6. The van der Waals surface area contributed by atoms with E-state index in [1.54, 1.807) is 18.2 Å². The Balaban J connectivity index is 2.80. The molecule has 0 aliphatic heterocycles. The molecule has 1 unspecified atom stereocenters. The van der Waals surface area contributed by atoms with Crippen LogP contribution in [-0.4, -0.2) is 35.9 Å². The highest BCUT2D eigenvalue weighted by Gasteiger charge is 2.31. The molecule has 5 nitrogen and oxygen atoms in total. The summed E-state index contributed by atoms with van der Waals surface area (Å²) in [5, 5.41) is 11.0. The average molecular weight is 304 g/mol. The molecule has 2 amide bonds. The van der Waals surface area contributed by atoms with E-state index >= 15 is 0 Å². The van der Waals surface area contributed by atoms with Gasteiger partial charge in [0.1, 0.15) is 6.54 Å². The molecule has 0 aliphatic rings. The Morgan fingerprint density at radius 1 is 1.29 bits per heavy atom. The van der Waals surface area contributed by atoms with Crippen LogP contribution in [0.25, 0.3) is 0 Å². The first-order valence-electron chi connectivity index (χ1n) is 6.10. The second-order valence-electron chi connectivity index (χ2n) is 4.49. The van der Waals surface area contributed by atoms with Gasteiger partial charge in [-0.3, -0.25) is 9.69 Å². The molecule has 0 heterocycles. The lowest BCUT2D eigenvalue weighted by atomic mass is 10.2. The number of rotatable bonds is 5. The fourth-order valence-corrected chi connectivity index (χ4v) is 1.71. The molecule has 1 rings (SSSR count). The number of hydrogen-bond donors (Lipinski definition) is 2. The molecule has 0 bridgehead atoms. The summed E-state index contributed by atoms with van der Waals surface area (Å²) in [4.78, 5) is 23.6. The highest BCUT2D eigenvalue weighted by molar-refractivity contribution is 5.96. The van der Waals surface area contributed by atoms with Gasteiger partial charge in [-0.15, -0.1) is 0 Å². The zero-order valence-corrected chi connectivity index (χ0v) is 11.2. The van der Waals surface area contributed by atoms with Crippen LogP contribution < -0.4 is 10.2 Å². The third-order valence-corrected chi connectivity index (χ3v) is 2.51. The zero-order valence-electron chi connectivity index (χ0n) is 11.2. The number of urea groups is 1. The van der Waals surface area contributed by atoms with Crippen LogP contribution in [0.2, 0.25) is 0 Å². The SMILES string of the molecule is CC(CC(F)(F)F)NC(=O)N(CC(=O)O)c1ccccc1. The van der Waals surface area contributed by atoms with Gasteiger partial charge in [-0.2, -0.15) is 13.2 Å². The predicted octanol–water partition coefficient (Wildman–Crippen LogP) is 2.63. The molecule has 1 aromatic carbocycles. The number of benzene rings is 1. The zero-order chi connectivity index (χ0) is 16.0. The molecule has 0 saturated heterocycles. The number of aliphatic carboxylic acids is 1. The van der Waals surface area contributed by atoms with Crippen LogP contribution in [0.1, 0.15) is 13.3 Å². The molecule has 116 valence electrons. The van der Waals surface area contributed by atoms with Crippen molar-refractivity contribution in [3.8, 4) is 0 Å². The number of anilines is 1. The van der Waals surface area contributed by atoms with Gasteiger partial charge in [-0.1, -0.05) is 18.2 Å². The fourth-order valence-electron chi connectivity index (χ4n) is 1.71. The van der Waals surface area contributed by atoms with Crippen molar-refractivity contribution in [1.29, 1.82) is 0 Å². The maximum Gasteiger partial charge on any atom is 0.391 e. The number of carbonyl (C=O) groups is 2. The van der Waals surface area contributed by atoms with E-state index in [9.17, 15) is 22.8 Å². The van der Waals surface area contributed by atoms with Crippen molar-refractivity contribution >= 4 is 17.7 Å². The summed E-state index contributed by atoms with van der Waals surface area (Å²) < 4.78 is 36.7. The van der Waals surface area contributed by atoms with Crippen molar-refractivity contribution in [1.82, 2.24) is 5.32 Å². The number of para-hydroxylation sites is 1. The highest BCUT2D eigenvalue weighted by Crippen LogP contribution is 2.21. The summed E-state index contributed by atoms with van der Waals surface area (Å²) in [6.45, 7) is 0.559. The van der Waals surface area contributed by atoms with Gasteiger partial charge < -0.3 is 10.4 Å². The summed E-state index contributed by atoms with van der Waals surface area (Å²) in [7, 11) is 0. The first kappa shape index (κ1) is 16.8. The number of carbonyl (C=O) groups excluding carboxylic acids is 1. The van der Waals surface area contributed by atoms with Crippen LogP contribution in [0.15, 0.2) is 30.3 Å². The Morgan fingerprint density at radius 3 is 2.33 bits per heavy atom. The molecule has 0 aromatic heterocycles. The molecular formula is C13H15F3N2O3. The molecule has 1 atom stereocenters. The van der Waals surface area contributed by atoms with Crippen LogP contribution in [0.4, 0.5) is 23.7 Å². The van der Waals surface area contributed by atoms with Crippen molar-refractivity contribution in [3.05, 3.63) is 30.3 Å². The standard InChI is InChI=1S/C13H15F3N2O3/c1-9(7-13(14,15)16)17-12(21)18(8-11(19)20)10-5-3-2-4-6-10/h2-6,9H,7-8H2,1H3,(H,17,21)(H,19,20). The maximum absolute atomic E-state index is 12.2. The van der Waals surface area contributed by atoms with Crippen molar-refractivity contribution < 1.29 is 27.9 Å². The second kappa shape index (κ2) is 6.96. The molecule has 1 aromatic rings. The molecule has 8 heteroatoms. The van der Waals surface area contributed by atoms with Gasteiger partial charge in [0.25, 0.3) is 0 Å². The highest BCUT2D eigenvalue weighted by atomic mass is 19.4. The number of hydrogen-bond acceptors (Lipinski definition) is 2. The molecule has 0 spiro atoms. The van der Waals surface area contributed by atoms with Crippen LogP contribution in [0, 0.1) is 0 Å². The van der Waals surface area contributed by atoms with Crippen LogP contribution in [0.3, 0.4) is 0 Å².